The summed E-state index contributed by atoms with van der Waals surface area (Å²) in [6.07, 6.45) is 0. The first-order valence-corrected chi connectivity index (χ1v) is 5.84. The van der Waals surface area contributed by atoms with Crippen molar-refractivity contribution < 1.29 is 0 Å². The van der Waals surface area contributed by atoms with Gasteiger partial charge in [0.05, 0.1) is 0 Å². The van der Waals surface area contributed by atoms with E-state index in [1.807, 2.05) is 12.1 Å². The lowest BCUT2D eigenvalue weighted by Gasteiger charge is -2.09. The molecule has 2 N–H and O–H groups in total. The number of benzene rings is 3. The number of hydrogen-bond acceptors (Lipinski definition) is 1. The minimum Gasteiger partial charge on any atom is -0.399 e. The predicted octanol–water partition coefficient (Wildman–Crippen LogP) is 4.19. The van der Waals surface area contributed by atoms with E-state index in [2.05, 4.69) is 44.2 Å². The zero-order valence-corrected chi connectivity index (χ0v) is 10.1. The number of anilines is 1. The summed E-state index contributed by atoms with van der Waals surface area (Å²) in [6.45, 7) is 4.30. The topological polar surface area (TPSA) is 26.0 Å². The van der Waals surface area contributed by atoms with Crippen molar-refractivity contribution in [1.29, 1.82) is 0 Å². The van der Waals surface area contributed by atoms with Gasteiger partial charge < -0.3 is 5.73 Å². The van der Waals surface area contributed by atoms with E-state index in [-0.39, 0.29) is 0 Å². The van der Waals surface area contributed by atoms with Gasteiger partial charge in [-0.1, -0.05) is 29.8 Å². The molecule has 1 nitrogen and oxygen atoms in total. The Balaban J connectivity index is 2.52. The van der Waals surface area contributed by atoms with Crippen LogP contribution in [0.2, 0.25) is 0 Å². The molecule has 3 rings (SSSR count). The van der Waals surface area contributed by atoms with Gasteiger partial charge in [-0.3, -0.25) is 0 Å². The van der Waals surface area contributed by atoms with Gasteiger partial charge in [-0.25, -0.2) is 0 Å². The Labute approximate surface area is 101 Å². The first-order chi connectivity index (χ1) is 8.15. The summed E-state index contributed by atoms with van der Waals surface area (Å²) in [5.41, 5.74) is 9.29. The highest BCUT2D eigenvalue weighted by Crippen LogP contribution is 2.29. The van der Waals surface area contributed by atoms with Crippen LogP contribution in [0.5, 0.6) is 0 Å². The molecule has 0 radical (unpaired) electrons. The second-order valence-electron chi connectivity index (χ2n) is 4.71. The molecule has 0 saturated carbocycles. The third-order valence-electron chi connectivity index (χ3n) is 3.40. The summed E-state index contributed by atoms with van der Waals surface area (Å²) in [7, 11) is 0. The number of nitrogens with two attached hydrogens (primary N) is 1. The largest absolute Gasteiger partial charge is 0.399 e. The Kier molecular flexibility index (Phi) is 2.08. The molecule has 0 spiro atoms. The molecule has 0 heterocycles. The summed E-state index contributed by atoms with van der Waals surface area (Å²) >= 11 is 0. The van der Waals surface area contributed by atoms with Gasteiger partial charge >= 0.3 is 0 Å². The minimum absolute atomic E-state index is 0.823. The summed E-state index contributed by atoms with van der Waals surface area (Å²) < 4.78 is 0. The van der Waals surface area contributed by atoms with Gasteiger partial charge in [-0.15, -0.1) is 0 Å². The maximum atomic E-state index is 5.85. The van der Waals surface area contributed by atoms with Crippen LogP contribution in [0.15, 0.2) is 42.5 Å². The molecule has 17 heavy (non-hydrogen) atoms. The molecule has 0 aliphatic rings. The van der Waals surface area contributed by atoms with E-state index >= 15 is 0 Å². The Morgan fingerprint density at radius 1 is 0.765 bits per heavy atom. The zero-order valence-electron chi connectivity index (χ0n) is 10.1. The Bertz CT molecular complexity index is 666. The average Bonchev–Trinajstić information content (AvgIpc) is 2.28. The van der Waals surface area contributed by atoms with Gasteiger partial charge in [0.1, 0.15) is 0 Å². The van der Waals surface area contributed by atoms with Gasteiger partial charge in [-0.05, 0) is 59.2 Å². The van der Waals surface area contributed by atoms with Crippen molar-refractivity contribution in [1.82, 2.24) is 0 Å². The van der Waals surface area contributed by atoms with Crippen LogP contribution in [-0.4, -0.2) is 0 Å². The lowest BCUT2D eigenvalue weighted by atomic mass is 9.96. The van der Waals surface area contributed by atoms with Crippen LogP contribution in [0.4, 0.5) is 5.69 Å². The third-order valence-corrected chi connectivity index (χ3v) is 3.40. The summed E-state index contributed by atoms with van der Waals surface area (Å²) in [6, 6.07) is 14.9. The lowest BCUT2D eigenvalue weighted by Crippen LogP contribution is -1.87. The normalized spacial score (nSPS) is 11.2. The van der Waals surface area contributed by atoms with Crippen molar-refractivity contribution in [2.24, 2.45) is 0 Å². The van der Waals surface area contributed by atoms with Crippen molar-refractivity contribution in [3.8, 4) is 0 Å². The molecule has 3 aromatic carbocycles. The fourth-order valence-corrected chi connectivity index (χ4v) is 2.50. The minimum atomic E-state index is 0.823. The number of nitrogen functional groups attached to an aromatic ring is 1. The maximum absolute atomic E-state index is 5.85. The van der Waals surface area contributed by atoms with Crippen molar-refractivity contribution in [2.45, 2.75) is 13.8 Å². The molecule has 0 amide bonds. The third kappa shape index (κ3) is 1.55. The average molecular weight is 221 g/mol. The molecule has 0 aromatic heterocycles. The molecule has 0 unspecified atom stereocenters. The van der Waals surface area contributed by atoms with Crippen LogP contribution in [0.25, 0.3) is 21.5 Å². The van der Waals surface area contributed by atoms with E-state index < -0.39 is 0 Å². The molecule has 0 fully saturated rings. The summed E-state index contributed by atoms with van der Waals surface area (Å²) in [4.78, 5) is 0. The number of aryl methyl sites for hydroxylation is 2. The first-order valence-electron chi connectivity index (χ1n) is 5.84. The van der Waals surface area contributed by atoms with Gasteiger partial charge in [0.25, 0.3) is 0 Å². The van der Waals surface area contributed by atoms with Crippen LogP contribution in [0.3, 0.4) is 0 Å². The number of hydrogen-bond donors (Lipinski definition) is 1. The fraction of sp³-hybridized carbons (Fsp3) is 0.125. The van der Waals surface area contributed by atoms with E-state index in [1.165, 1.54) is 32.7 Å². The fourth-order valence-electron chi connectivity index (χ4n) is 2.50. The van der Waals surface area contributed by atoms with E-state index in [9.17, 15) is 0 Å². The Morgan fingerprint density at radius 3 is 2.18 bits per heavy atom. The van der Waals surface area contributed by atoms with Gasteiger partial charge in [0.15, 0.2) is 0 Å². The van der Waals surface area contributed by atoms with Crippen LogP contribution in [0.1, 0.15) is 11.1 Å². The van der Waals surface area contributed by atoms with E-state index in [0.717, 1.165) is 5.69 Å². The van der Waals surface area contributed by atoms with Crippen molar-refractivity contribution in [3.63, 3.8) is 0 Å². The molecule has 0 atom stereocenters. The predicted molar refractivity (Wildman–Crippen MR) is 75.3 cm³/mol. The van der Waals surface area contributed by atoms with E-state index in [0.29, 0.717) is 0 Å². The van der Waals surface area contributed by atoms with Crippen molar-refractivity contribution in [3.05, 3.63) is 53.6 Å². The SMILES string of the molecule is Cc1ccc2c(C)c3ccc(N)cc3cc2c1. The molecule has 3 aromatic rings. The number of fused-ring (bicyclic) bond motifs is 2. The molecule has 1 heteroatoms. The second kappa shape index (κ2) is 3.49. The Hall–Kier alpha value is -2.02. The molecule has 0 bridgehead atoms. The highest BCUT2D eigenvalue weighted by molar-refractivity contribution is 6.03. The molecule has 0 aliphatic heterocycles. The van der Waals surface area contributed by atoms with Crippen LogP contribution < -0.4 is 5.73 Å². The molecule has 0 aliphatic carbocycles. The maximum Gasteiger partial charge on any atom is 0.0320 e. The smallest absolute Gasteiger partial charge is 0.0320 e. The van der Waals surface area contributed by atoms with Crippen LogP contribution in [0, 0.1) is 13.8 Å². The highest BCUT2D eigenvalue weighted by Gasteiger charge is 2.04. The monoisotopic (exact) mass is 221 g/mol. The first kappa shape index (κ1) is 10.2. The van der Waals surface area contributed by atoms with Crippen LogP contribution >= 0.6 is 0 Å². The van der Waals surface area contributed by atoms with Gasteiger partial charge in [-0.2, -0.15) is 0 Å². The highest BCUT2D eigenvalue weighted by atomic mass is 14.5. The number of rotatable bonds is 0. The van der Waals surface area contributed by atoms with E-state index in [1.54, 1.807) is 0 Å². The van der Waals surface area contributed by atoms with E-state index in [4.69, 9.17) is 5.73 Å². The van der Waals surface area contributed by atoms with Gasteiger partial charge in [0.2, 0.25) is 0 Å². The van der Waals surface area contributed by atoms with Gasteiger partial charge in [0, 0.05) is 5.69 Å². The zero-order chi connectivity index (χ0) is 12.0. The quantitative estimate of drug-likeness (QED) is 0.447. The molecule has 0 saturated heterocycles. The second-order valence-corrected chi connectivity index (χ2v) is 4.71. The lowest BCUT2D eigenvalue weighted by molar-refractivity contribution is 1.49. The molecular weight excluding hydrogens is 206 g/mol. The van der Waals surface area contributed by atoms with Crippen molar-refractivity contribution >= 4 is 27.2 Å². The Morgan fingerprint density at radius 2 is 1.41 bits per heavy atom. The van der Waals surface area contributed by atoms with Crippen LogP contribution in [-0.2, 0) is 0 Å². The molecule has 84 valence electrons. The standard InChI is InChI=1S/C16H15N/c1-10-3-5-15-11(2)16-6-4-14(17)9-13(16)8-12(15)7-10/h3-9H,17H2,1-2H3. The molecular formula is C16H15N. The summed E-state index contributed by atoms with van der Waals surface area (Å²) in [5.74, 6) is 0. The summed E-state index contributed by atoms with van der Waals surface area (Å²) in [5, 5.41) is 5.13. The van der Waals surface area contributed by atoms with Crippen molar-refractivity contribution in [2.75, 3.05) is 5.73 Å².